The summed E-state index contributed by atoms with van der Waals surface area (Å²) in [6.45, 7) is 84.8. The number of carbonyl (C=O) groups is 2. The van der Waals surface area contributed by atoms with Crippen LogP contribution in [0.3, 0.4) is 0 Å². The van der Waals surface area contributed by atoms with Crippen LogP contribution in [0.15, 0.2) is 165 Å². The standard InChI is InChI=1S/C8H16N2O.3C8H11N.C7H14N2O.C7H12N2.C7H10N2.C7H12N2.2C7H10N2.C7H11NO.8C2H6/c1-7(2)10-5-4-9(3)6-8(10)11;1-7(2)8-3-5-9-6-4-8;1-7(2)8-4-3-5-9-6-8;1-7(2)8-5-3-4-6-9-8;1-6(2)9-5-4-8(3)7(9)10;1-6(2)7-4-8-9(3)5-7;1-6(2)7-3-8-5-9-4-7;1-6(2)7-4-5-9(3)8-7;1-6(2)7-5-8-3-4-9-7;1-6(2)7-3-4-8-5-9-7;1-5(2)7-4-6(3)9-8-7;8*1-2/h7H,4-6H2,1-3H3;3*3-7H,1-2H3;6H,4-5H2,1-3H3;4-6H,1-3H3;3-6H,1-2H3;4-6H,1-3H3;2*3-6H,1-2H3;4-5H,1-3H3;8*1-2H3. The van der Waals surface area contributed by atoms with Crippen LogP contribution in [-0.4, -0.2) is 160 Å². The van der Waals surface area contributed by atoms with Gasteiger partial charge in [-0.05, 0) is 160 Å². The van der Waals surface area contributed by atoms with Crippen LogP contribution in [0.1, 0.15) is 373 Å². The molecule has 2 fully saturated rings. The van der Waals surface area contributed by atoms with Crippen molar-refractivity contribution in [2.45, 2.75) is 335 Å². The van der Waals surface area contributed by atoms with Crippen LogP contribution in [0.4, 0.5) is 4.79 Å². The molecule has 21 heteroatoms. The van der Waals surface area contributed by atoms with Crippen molar-refractivity contribution in [3.05, 3.63) is 217 Å². The fraction of sp³-hybridized carbons (Fsp3) is 0.608. The Morgan fingerprint density at radius 1 is 0.347 bits per heavy atom. The van der Waals surface area contributed by atoms with Crippen molar-refractivity contribution in [3.8, 4) is 0 Å². The molecule has 3 amide bonds. The Balaban J connectivity index is -0.000000185. The lowest BCUT2D eigenvalue weighted by molar-refractivity contribution is -0.137. The zero-order chi connectivity index (χ0) is 92.9. The molecule has 21 nitrogen and oxygen atoms in total. The molecule has 9 aromatic rings. The van der Waals surface area contributed by atoms with Gasteiger partial charge >= 0.3 is 6.03 Å². The predicted octanol–water partition coefficient (Wildman–Crippen LogP) is 25.7. The van der Waals surface area contributed by atoms with E-state index >= 15 is 0 Å². The van der Waals surface area contributed by atoms with Gasteiger partial charge < -0.3 is 19.2 Å². The zero-order valence-corrected chi connectivity index (χ0v) is 83.2. The molecule has 0 aliphatic carbocycles. The maximum absolute atomic E-state index is 11.3. The highest BCUT2D eigenvalue weighted by Gasteiger charge is 2.27. The summed E-state index contributed by atoms with van der Waals surface area (Å²) < 4.78 is 8.53. The van der Waals surface area contributed by atoms with Crippen LogP contribution in [0.25, 0.3) is 0 Å². The van der Waals surface area contributed by atoms with Gasteiger partial charge in [0, 0.05) is 157 Å². The molecule has 11 rings (SSSR count). The third-order valence-electron chi connectivity index (χ3n) is 15.5. The highest BCUT2D eigenvalue weighted by molar-refractivity contribution is 5.79. The van der Waals surface area contributed by atoms with Gasteiger partial charge in [-0.15, -0.1) is 0 Å². The van der Waals surface area contributed by atoms with Crippen LogP contribution < -0.4 is 0 Å². The Morgan fingerprint density at radius 3 is 1.08 bits per heavy atom. The topological polar surface area (TPSA) is 225 Å². The van der Waals surface area contributed by atoms with Crippen LogP contribution in [0.5, 0.6) is 0 Å². The normalized spacial score (nSPS) is 11.1. The van der Waals surface area contributed by atoms with E-state index in [-0.39, 0.29) is 11.9 Å². The van der Waals surface area contributed by atoms with Crippen LogP contribution >= 0.6 is 0 Å². The number of urea groups is 1. The monoisotopic (exact) mass is 1640 g/mol. The summed E-state index contributed by atoms with van der Waals surface area (Å²) in [5.41, 5.74) is 10.7. The molecule has 0 spiro atoms. The summed E-state index contributed by atoms with van der Waals surface area (Å²) >= 11 is 0. The lowest BCUT2D eigenvalue weighted by Gasteiger charge is -2.34. The summed E-state index contributed by atoms with van der Waals surface area (Å²) in [5, 5.41) is 12.1. The van der Waals surface area contributed by atoms with Gasteiger partial charge in [0.2, 0.25) is 5.91 Å². The highest BCUT2D eigenvalue weighted by Crippen LogP contribution is 2.17. The number of aromatic nitrogens is 14. The minimum atomic E-state index is 0.162. The summed E-state index contributed by atoms with van der Waals surface area (Å²) in [6, 6.07) is 21.0. The van der Waals surface area contributed by atoms with Crippen molar-refractivity contribution in [1.82, 2.24) is 89.2 Å². The second-order valence-electron chi connectivity index (χ2n) is 28.3. The smallest absolute Gasteiger partial charge is 0.320 e. The second kappa shape index (κ2) is 83.1. The number of likely N-dealkylation sites (N-methyl/N-ethyl adjacent to an activating group) is 2. The zero-order valence-electron chi connectivity index (χ0n) is 83.2. The Kier molecular flexibility index (Phi) is 87.8. The average Bonchev–Trinajstić information content (AvgIpc) is 1.71. The Bertz CT molecular complexity index is 3050. The van der Waals surface area contributed by atoms with Gasteiger partial charge in [0.05, 0.1) is 29.8 Å². The molecule has 118 heavy (non-hydrogen) atoms. The summed E-state index contributed by atoms with van der Waals surface area (Å²) in [6.07, 6.45) is 28.9. The third-order valence-corrected chi connectivity index (χ3v) is 15.5. The largest absolute Gasteiger partial charge is 0.361 e. The van der Waals surface area contributed by atoms with Crippen molar-refractivity contribution in [1.29, 1.82) is 0 Å². The summed E-state index contributed by atoms with van der Waals surface area (Å²) in [5.74, 6) is 6.05. The van der Waals surface area contributed by atoms with Crippen molar-refractivity contribution in [2.75, 3.05) is 46.8 Å². The van der Waals surface area contributed by atoms with E-state index in [9.17, 15) is 9.59 Å². The second-order valence-corrected chi connectivity index (χ2v) is 28.3. The molecule has 0 aromatic carbocycles. The van der Waals surface area contributed by atoms with E-state index in [2.05, 4.69) is 210 Å². The summed E-state index contributed by atoms with van der Waals surface area (Å²) in [4.78, 5) is 66.0. The lowest BCUT2D eigenvalue weighted by Crippen LogP contribution is -2.51. The van der Waals surface area contributed by atoms with E-state index in [1.807, 2.05) is 289 Å². The first-order valence-corrected chi connectivity index (χ1v) is 44.0. The van der Waals surface area contributed by atoms with Gasteiger partial charge in [0.25, 0.3) is 0 Å². The van der Waals surface area contributed by atoms with Crippen LogP contribution in [0, 0.1) is 6.92 Å². The number of carbonyl (C=O) groups excluding carboxylic acids is 2. The first kappa shape index (κ1) is 125. The maximum atomic E-state index is 11.3. The van der Waals surface area contributed by atoms with E-state index in [4.69, 9.17) is 4.52 Å². The molecule has 9 aromatic heterocycles. The first-order chi connectivity index (χ1) is 56.2. The van der Waals surface area contributed by atoms with Gasteiger partial charge in [0.15, 0.2) is 0 Å². The number of aryl methyl sites for hydroxylation is 3. The fourth-order valence-corrected chi connectivity index (χ4v) is 8.68. The number of amides is 3. The van der Waals surface area contributed by atoms with Gasteiger partial charge in [-0.1, -0.05) is 253 Å². The molecule has 0 saturated carbocycles. The quantitative estimate of drug-likeness (QED) is 0.117. The van der Waals surface area contributed by atoms with Crippen molar-refractivity contribution in [2.24, 2.45) is 14.1 Å². The number of pyridine rings is 3. The predicted molar refractivity (Wildman–Crippen MR) is 508 cm³/mol. The first-order valence-electron chi connectivity index (χ1n) is 44.0. The number of hydrogen-bond donors (Lipinski definition) is 0. The average molecular weight is 1640 g/mol. The SMILES string of the molecule is CC.CC.CC.CC.CC.CC.CC.CC.CC(C)N1CCN(C)C1=O.CC(C)N1CCN(C)CC1=O.CC(C)c1ccccn1.CC(C)c1cccnc1.CC(C)c1ccn(C)n1.CC(C)c1ccncc1.CC(C)c1ccncn1.CC(C)c1cnccn1.CC(C)c1cncnc1.CC(C)c1cnn(C)c1.Cc1cc(C(C)C)no1. The minimum absolute atomic E-state index is 0.162. The molecule has 0 unspecified atom stereocenters. The van der Waals surface area contributed by atoms with E-state index in [1.54, 1.807) is 48.5 Å². The molecule has 0 N–H and O–H groups in total. The number of hydrogen-bond acceptors (Lipinski definition) is 16. The number of nitrogens with zero attached hydrogens (tertiary/aromatic N) is 18. The van der Waals surface area contributed by atoms with E-state index < -0.39 is 0 Å². The maximum Gasteiger partial charge on any atom is 0.320 e. The molecule has 2 aliphatic heterocycles. The Labute approximate surface area is 724 Å². The molecule has 2 aliphatic rings. The van der Waals surface area contributed by atoms with Crippen LogP contribution in [0.2, 0.25) is 0 Å². The van der Waals surface area contributed by atoms with Crippen molar-refractivity contribution >= 4 is 11.9 Å². The molecule has 11 heterocycles. The molecule has 0 radical (unpaired) electrons. The van der Waals surface area contributed by atoms with E-state index in [0.29, 0.717) is 71.9 Å². The van der Waals surface area contributed by atoms with E-state index in [1.165, 1.54) is 22.3 Å². The Hall–Kier alpha value is -8.98. The van der Waals surface area contributed by atoms with Gasteiger partial charge in [-0.2, -0.15) is 10.2 Å². The van der Waals surface area contributed by atoms with Gasteiger partial charge in [0.1, 0.15) is 18.4 Å². The van der Waals surface area contributed by atoms with Gasteiger partial charge in [-0.3, -0.25) is 44.0 Å². The molecular weight excluding hydrogens is 1470 g/mol. The van der Waals surface area contributed by atoms with Crippen molar-refractivity contribution in [3.63, 3.8) is 0 Å². The molecule has 2 saturated heterocycles. The van der Waals surface area contributed by atoms with Crippen LogP contribution in [-0.2, 0) is 18.9 Å². The molecule has 0 bridgehead atoms. The highest BCUT2D eigenvalue weighted by atomic mass is 16.5. The molecule has 0 atom stereocenters. The summed E-state index contributed by atoms with van der Waals surface area (Å²) in [7, 11) is 7.69. The minimum Gasteiger partial charge on any atom is -0.361 e. The third kappa shape index (κ3) is 65.0. The number of piperazine rings is 1. The van der Waals surface area contributed by atoms with E-state index in [0.717, 1.165) is 60.4 Å². The number of rotatable bonds is 11. The Morgan fingerprint density at radius 2 is 0.814 bits per heavy atom. The molecular formula is C97H176N18O3. The van der Waals surface area contributed by atoms with Crippen molar-refractivity contribution < 1.29 is 14.1 Å². The molecule has 672 valence electrons. The van der Waals surface area contributed by atoms with Gasteiger partial charge in [-0.25, -0.2) is 24.7 Å². The fourth-order valence-electron chi connectivity index (χ4n) is 8.68. The lowest BCUT2D eigenvalue weighted by atomic mass is 10.1.